The molecule has 1 unspecified atom stereocenters. The number of amides is 1. The van der Waals surface area contributed by atoms with Crippen molar-refractivity contribution in [3.8, 4) is 0 Å². The van der Waals surface area contributed by atoms with Crippen LogP contribution >= 0.6 is 35.6 Å². The summed E-state index contributed by atoms with van der Waals surface area (Å²) in [4.78, 5) is 29.6. The Morgan fingerprint density at radius 1 is 0.951 bits per heavy atom. The SMILES string of the molecule is CCC(=O)OC1(c2ccccc2)CCN(CCCC(CN(C)C(=O)c2ccccc2)c2ccc(Cl)c(Cl)c2)CC1.Cl. The molecule has 1 aliphatic rings. The Labute approximate surface area is 260 Å². The summed E-state index contributed by atoms with van der Waals surface area (Å²) in [7, 11) is 1.85. The Hall–Kier alpha value is -2.57. The number of benzene rings is 3. The summed E-state index contributed by atoms with van der Waals surface area (Å²) in [5, 5.41) is 1.05. The predicted octanol–water partition coefficient (Wildman–Crippen LogP) is 8.00. The van der Waals surface area contributed by atoms with Crippen molar-refractivity contribution in [2.75, 3.05) is 33.2 Å². The third-order valence-electron chi connectivity index (χ3n) is 7.87. The minimum absolute atomic E-state index is 0. The zero-order valence-corrected chi connectivity index (χ0v) is 26.1. The number of carbonyl (C=O) groups excluding carboxylic acids is 2. The van der Waals surface area contributed by atoms with Gasteiger partial charge in [0.05, 0.1) is 10.0 Å². The van der Waals surface area contributed by atoms with E-state index < -0.39 is 5.60 Å². The molecule has 1 fully saturated rings. The van der Waals surface area contributed by atoms with Gasteiger partial charge in [-0.25, -0.2) is 0 Å². The molecule has 220 valence electrons. The monoisotopic (exact) mass is 616 g/mol. The number of rotatable bonds is 11. The molecule has 0 aliphatic carbocycles. The first-order chi connectivity index (χ1) is 19.3. The third kappa shape index (κ3) is 8.71. The van der Waals surface area contributed by atoms with Gasteiger partial charge in [-0.1, -0.05) is 84.7 Å². The van der Waals surface area contributed by atoms with Crippen LogP contribution in [0.3, 0.4) is 0 Å². The first-order valence-electron chi connectivity index (χ1n) is 14.1. The highest BCUT2D eigenvalue weighted by molar-refractivity contribution is 6.42. The number of likely N-dealkylation sites (tertiary alicyclic amines) is 1. The second kappa shape index (κ2) is 15.6. The van der Waals surface area contributed by atoms with Crippen LogP contribution in [0.25, 0.3) is 0 Å². The van der Waals surface area contributed by atoms with E-state index in [-0.39, 0.29) is 30.2 Å². The van der Waals surface area contributed by atoms with Crippen LogP contribution < -0.4 is 0 Å². The van der Waals surface area contributed by atoms with E-state index in [2.05, 4.69) is 17.0 Å². The lowest BCUT2D eigenvalue weighted by molar-refractivity contribution is -0.166. The zero-order chi connectivity index (χ0) is 28.5. The van der Waals surface area contributed by atoms with E-state index in [1.54, 1.807) is 4.90 Å². The summed E-state index contributed by atoms with van der Waals surface area (Å²) in [6.07, 6.45) is 3.77. The number of halogens is 3. The van der Waals surface area contributed by atoms with Gasteiger partial charge >= 0.3 is 5.97 Å². The van der Waals surface area contributed by atoms with Crippen molar-refractivity contribution in [3.63, 3.8) is 0 Å². The highest BCUT2D eigenvalue weighted by Crippen LogP contribution is 2.37. The van der Waals surface area contributed by atoms with Gasteiger partial charge in [0.15, 0.2) is 0 Å². The minimum atomic E-state index is -0.562. The molecule has 1 saturated heterocycles. The van der Waals surface area contributed by atoms with Gasteiger partial charge in [0, 0.05) is 57.4 Å². The number of nitrogens with zero attached hydrogens (tertiary/aromatic N) is 2. The van der Waals surface area contributed by atoms with Crippen molar-refractivity contribution in [2.24, 2.45) is 0 Å². The summed E-state index contributed by atoms with van der Waals surface area (Å²) in [5.74, 6) is -0.0392. The molecule has 0 bridgehead atoms. The van der Waals surface area contributed by atoms with Crippen LogP contribution in [0.15, 0.2) is 78.9 Å². The molecular formula is C33H39Cl3N2O3. The van der Waals surface area contributed by atoms with E-state index in [1.807, 2.05) is 80.7 Å². The van der Waals surface area contributed by atoms with Crippen molar-refractivity contribution < 1.29 is 14.3 Å². The normalized spacial score (nSPS) is 15.4. The van der Waals surface area contributed by atoms with Gasteiger partial charge in [-0.15, -0.1) is 12.4 Å². The van der Waals surface area contributed by atoms with E-state index in [0.717, 1.165) is 56.4 Å². The van der Waals surface area contributed by atoms with E-state index in [1.165, 1.54) is 0 Å². The number of hydrogen-bond donors (Lipinski definition) is 0. The van der Waals surface area contributed by atoms with Gasteiger partial charge in [-0.2, -0.15) is 0 Å². The van der Waals surface area contributed by atoms with Gasteiger partial charge in [0.2, 0.25) is 0 Å². The van der Waals surface area contributed by atoms with Crippen LogP contribution in [0, 0.1) is 0 Å². The van der Waals surface area contributed by atoms with E-state index in [9.17, 15) is 9.59 Å². The molecule has 0 radical (unpaired) electrons. The average Bonchev–Trinajstić information content (AvgIpc) is 2.99. The van der Waals surface area contributed by atoms with Crippen molar-refractivity contribution in [1.29, 1.82) is 0 Å². The van der Waals surface area contributed by atoms with Crippen LogP contribution in [0.4, 0.5) is 0 Å². The average molecular weight is 618 g/mol. The van der Waals surface area contributed by atoms with Crippen LogP contribution in [-0.2, 0) is 15.1 Å². The third-order valence-corrected chi connectivity index (χ3v) is 8.60. The number of ether oxygens (including phenoxy) is 1. The first-order valence-corrected chi connectivity index (χ1v) is 14.8. The molecule has 0 aromatic heterocycles. The maximum Gasteiger partial charge on any atom is 0.306 e. The topological polar surface area (TPSA) is 49.9 Å². The lowest BCUT2D eigenvalue weighted by Crippen LogP contribution is -2.45. The van der Waals surface area contributed by atoms with Crippen LogP contribution in [0.2, 0.25) is 10.0 Å². The number of esters is 1. The van der Waals surface area contributed by atoms with Crippen LogP contribution in [0.5, 0.6) is 0 Å². The maximum atomic E-state index is 13.1. The summed E-state index contributed by atoms with van der Waals surface area (Å²) in [6.45, 7) is 5.06. The molecule has 3 aromatic carbocycles. The van der Waals surface area contributed by atoms with Crippen molar-refractivity contribution in [1.82, 2.24) is 9.80 Å². The Morgan fingerprint density at radius 3 is 2.20 bits per heavy atom. The molecule has 4 rings (SSSR count). The number of carbonyl (C=O) groups is 2. The molecule has 8 heteroatoms. The highest BCUT2D eigenvalue weighted by Gasteiger charge is 2.39. The van der Waals surface area contributed by atoms with Gasteiger partial charge in [-0.3, -0.25) is 9.59 Å². The van der Waals surface area contributed by atoms with Gasteiger partial charge < -0.3 is 14.5 Å². The molecule has 0 N–H and O–H groups in total. The summed E-state index contributed by atoms with van der Waals surface area (Å²) < 4.78 is 6.06. The van der Waals surface area contributed by atoms with E-state index in [4.69, 9.17) is 27.9 Å². The predicted molar refractivity (Wildman–Crippen MR) is 169 cm³/mol. The number of likely N-dealkylation sites (N-methyl/N-ethyl adjacent to an activating group) is 1. The first kappa shape index (κ1) is 32.9. The molecule has 1 aliphatic heterocycles. The Balaban J connectivity index is 0.00000462. The smallest absolute Gasteiger partial charge is 0.306 e. The van der Waals surface area contributed by atoms with Crippen molar-refractivity contribution in [2.45, 2.75) is 50.5 Å². The van der Waals surface area contributed by atoms with Crippen molar-refractivity contribution >= 4 is 47.5 Å². The second-order valence-electron chi connectivity index (χ2n) is 10.6. The number of hydrogen-bond acceptors (Lipinski definition) is 4. The molecule has 1 amide bonds. The minimum Gasteiger partial charge on any atom is -0.454 e. The lowest BCUT2D eigenvalue weighted by atomic mass is 9.84. The summed E-state index contributed by atoms with van der Waals surface area (Å²) in [6, 6.07) is 25.3. The molecule has 5 nitrogen and oxygen atoms in total. The Kier molecular flexibility index (Phi) is 12.5. The van der Waals surface area contributed by atoms with Gasteiger partial charge in [0.1, 0.15) is 5.60 Å². The van der Waals surface area contributed by atoms with E-state index >= 15 is 0 Å². The Bertz CT molecular complexity index is 1270. The van der Waals surface area contributed by atoms with Gasteiger partial charge in [0.25, 0.3) is 5.91 Å². The molecule has 1 heterocycles. The summed E-state index contributed by atoms with van der Waals surface area (Å²) in [5.41, 5.74) is 2.27. The largest absolute Gasteiger partial charge is 0.454 e. The quantitative estimate of drug-likeness (QED) is 0.205. The molecule has 0 spiro atoms. The second-order valence-corrected chi connectivity index (χ2v) is 11.4. The summed E-state index contributed by atoms with van der Waals surface area (Å²) >= 11 is 12.6. The van der Waals surface area contributed by atoms with Gasteiger partial charge in [-0.05, 0) is 54.8 Å². The molecule has 3 aromatic rings. The fourth-order valence-corrected chi connectivity index (χ4v) is 5.83. The number of piperidine rings is 1. The van der Waals surface area contributed by atoms with Crippen LogP contribution in [-0.4, -0.2) is 54.9 Å². The molecule has 0 saturated carbocycles. The van der Waals surface area contributed by atoms with Crippen molar-refractivity contribution in [3.05, 3.63) is 106 Å². The highest BCUT2D eigenvalue weighted by atomic mass is 35.5. The fraction of sp³-hybridized carbons (Fsp3) is 0.394. The van der Waals surface area contributed by atoms with Crippen LogP contribution in [0.1, 0.15) is 66.4 Å². The molecular weight excluding hydrogens is 579 g/mol. The molecule has 1 atom stereocenters. The lowest BCUT2D eigenvalue weighted by Gasteiger charge is -2.41. The zero-order valence-electron chi connectivity index (χ0n) is 23.7. The fourth-order valence-electron chi connectivity index (χ4n) is 5.53. The molecule has 41 heavy (non-hydrogen) atoms. The standard InChI is InChI=1S/C33H38Cl2N2O3.ClH/c1-3-31(38)40-33(28-14-8-5-9-15-28)18-21-37(22-19-33)20-10-13-27(26-16-17-29(34)30(35)23-26)24-36(2)32(39)25-11-6-4-7-12-25;/h4-9,11-12,14-17,23,27H,3,10,13,18-22,24H2,1-2H3;1H. The maximum absolute atomic E-state index is 13.1. The Morgan fingerprint density at radius 2 is 1.59 bits per heavy atom. The van der Waals surface area contributed by atoms with E-state index in [0.29, 0.717) is 28.6 Å².